The number of hydrogen-bond donors (Lipinski definition) is 1. The van der Waals surface area contributed by atoms with Crippen molar-refractivity contribution in [3.63, 3.8) is 0 Å². The topological polar surface area (TPSA) is 24.1 Å². The van der Waals surface area contributed by atoms with Crippen LogP contribution in [0, 0.1) is 13.8 Å². The molecule has 0 aliphatic heterocycles. The summed E-state index contributed by atoms with van der Waals surface area (Å²) in [7, 11) is 0. The average Bonchev–Trinajstić information content (AvgIpc) is 1.97. The Morgan fingerprint density at radius 1 is 1.27 bits per heavy atom. The lowest BCUT2D eigenvalue weighted by Gasteiger charge is -2.00. The van der Waals surface area contributed by atoms with Gasteiger partial charge in [-0.1, -0.05) is 0 Å². The maximum atomic E-state index is 8.75. The number of hydrogen-bond acceptors (Lipinski definition) is 1. The van der Waals surface area contributed by atoms with E-state index >= 15 is 0 Å². The first-order valence-corrected chi connectivity index (χ1v) is 3.82. The van der Waals surface area contributed by atoms with Crippen LogP contribution in [0.5, 0.6) is 0 Å². The normalized spacial score (nSPS) is 10.1. The van der Waals surface area contributed by atoms with Gasteiger partial charge in [0.2, 0.25) is 0 Å². The molecule has 0 saturated carbocycles. The van der Waals surface area contributed by atoms with E-state index in [-0.39, 0.29) is 6.61 Å². The van der Waals surface area contributed by atoms with Gasteiger partial charge in [0, 0.05) is 26.0 Å². The van der Waals surface area contributed by atoms with E-state index < -0.39 is 0 Å². The summed E-state index contributed by atoms with van der Waals surface area (Å²) in [5.41, 5.74) is 2.39. The Morgan fingerprint density at radius 2 is 1.82 bits per heavy atom. The van der Waals surface area contributed by atoms with Crippen molar-refractivity contribution < 1.29 is 9.67 Å². The lowest BCUT2D eigenvalue weighted by atomic mass is 10.3. The van der Waals surface area contributed by atoms with Gasteiger partial charge in [0.15, 0.2) is 17.9 Å². The molecular formula is C9H14NO+. The quantitative estimate of drug-likeness (QED) is 0.616. The monoisotopic (exact) mass is 152 g/mol. The van der Waals surface area contributed by atoms with Crippen LogP contribution in [0.25, 0.3) is 0 Å². The van der Waals surface area contributed by atoms with Crippen LogP contribution < -0.4 is 4.57 Å². The van der Waals surface area contributed by atoms with Crippen LogP contribution in [0.4, 0.5) is 0 Å². The summed E-state index contributed by atoms with van der Waals surface area (Å²) in [6.45, 7) is 4.99. The molecule has 0 amide bonds. The highest BCUT2D eigenvalue weighted by molar-refractivity contribution is 5.00. The Kier molecular flexibility index (Phi) is 2.60. The maximum Gasteiger partial charge on any atom is 0.178 e. The van der Waals surface area contributed by atoms with E-state index in [4.69, 9.17) is 5.11 Å². The van der Waals surface area contributed by atoms with Crippen molar-refractivity contribution in [2.24, 2.45) is 0 Å². The second-order valence-corrected chi connectivity index (χ2v) is 2.68. The van der Waals surface area contributed by atoms with Gasteiger partial charge < -0.3 is 5.11 Å². The Hall–Kier alpha value is -0.890. The third kappa shape index (κ3) is 1.77. The largest absolute Gasteiger partial charge is 0.390 e. The number of aryl methyl sites for hydroxylation is 2. The molecule has 0 spiro atoms. The van der Waals surface area contributed by atoms with Crippen molar-refractivity contribution in [3.05, 3.63) is 29.6 Å². The summed E-state index contributed by atoms with van der Waals surface area (Å²) in [5, 5.41) is 8.75. The van der Waals surface area contributed by atoms with Crippen LogP contribution in [0.2, 0.25) is 0 Å². The molecule has 1 N–H and O–H groups in total. The standard InChI is InChI=1S/C9H14NO/c1-8-4-3-5-9(2)10(8)6-7-11/h3-5,11H,6-7H2,1-2H3/q+1. The summed E-state index contributed by atoms with van der Waals surface area (Å²) in [6.07, 6.45) is 0. The van der Waals surface area contributed by atoms with E-state index in [1.165, 1.54) is 11.4 Å². The molecular weight excluding hydrogens is 138 g/mol. The Balaban J connectivity index is 3.00. The van der Waals surface area contributed by atoms with Crippen LogP contribution >= 0.6 is 0 Å². The Morgan fingerprint density at radius 3 is 2.27 bits per heavy atom. The van der Waals surface area contributed by atoms with Gasteiger partial charge in [-0.2, -0.15) is 4.57 Å². The number of nitrogens with zero attached hydrogens (tertiary/aromatic N) is 1. The third-order valence-corrected chi connectivity index (χ3v) is 1.85. The molecule has 1 aromatic rings. The van der Waals surface area contributed by atoms with Crippen molar-refractivity contribution >= 4 is 0 Å². The third-order valence-electron chi connectivity index (χ3n) is 1.85. The highest BCUT2D eigenvalue weighted by atomic mass is 16.3. The molecule has 1 aromatic heterocycles. The minimum absolute atomic E-state index is 0.205. The van der Waals surface area contributed by atoms with Crippen molar-refractivity contribution in [2.45, 2.75) is 20.4 Å². The lowest BCUT2D eigenvalue weighted by Crippen LogP contribution is -2.41. The summed E-state index contributed by atoms with van der Waals surface area (Å²) in [5.74, 6) is 0. The van der Waals surface area contributed by atoms with Gasteiger partial charge >= 0.3 is 0 Å². The van der Waals surface area contributed by atoms with Gasteiger partial charge in [0.25, 0.3) is 0 Å². The van der Waals surface area contributed by atoms with Gasteiger partial charge in [-0.25, -0.2) is 0 Å². The van der Waals surface area contributed by atoms with E-state index in [2.05, 4.69) is 4.57 Å². The molecule has 0 saturated heterocycles. The van der Waals surface area contributed by atoms with E-state index in [1.807, 2.05) is 32.0 Å². The molecule has 0 aromatic carbocycles. The summed E-state index contributed by atoms with van der Waals surface area (Å²) >= 11 is 0. The van der Waals surface area contributed by atoms with Crippen LogP contribution in [0.3, 0.4) is 0 Å². The zero-order valence-electron chi connectivity index (χ0n) is 7.04. The Bertz CT molecular complexity index is 225. The first-order chi connectivity index (χ1) is 5.25. The zero-order chi connectivity index (χ0) is 8.27. The van der Waals surface area contributed by atoms with E-state index in [0.717, 1.165) is 0 Å². The van der Waals surface area contributed by atoms with Crippen LogP contribution in [0.15, 0.2) is 18.2 Å². The zero-order valence-corrected chi connectivity index (χ0v) is 7.04. The van der Waals surface area contributed by atoms with Gasteiger partial charge in [-0.15, -0.1) is 0 Å². The number of rotatable bonds is 2. The van der Waals surface area contributed by atoms with Crippen LogP contribution in [-0.4, -0.2) is 11.7 Å². The summed E-state index contributed by atoms with van der Waals surface area (Å²) in [4.78, 5) is 0. The van der Waals surface area contributed by atoms with Gasteiger partial charge in [-0.3, -0.25) is 0 Å². The van der Waals surface area contributed by atoms with Gasteiger partial charge in [0.05, 0.1) is 0 Å². The maximum absolute atomic E-state index is 8.75. The smallest absolute Gasteiger partial charge is 0.178 e. The number of pyridine rings is 1. The second kappa shape index (κ2) is 3.49. The number of aliphatic hydroxyl groups is 1. The molecule has 0 bridgehead atoms. The molecule has 0 aliphatic rings. The fourth-order valence-corrected chi connectivity index (χ4v) is 1.24. The fourth-order valence-electron chi connectivity index (χ4n) is 1.24. The molecule has 60 valence electrons. The molecule has 11 heavy (non-hydrogen) atoms. The molecule has 1 rings (SSSR count). The lowest BCUT2D eigenvalue weighted by molar-refractivity contribution is -0.709. The predicted molar refractivity (Wildman–Crippen MR) is 43.2 cm³/mol. The second-order valence-electron chi connectivity index (χ2n) is 2.68. The highest BCUT2D eigenvalue weighted by Gasteiger charge is 2.06. The molecule has 0 fully saturated rings. The highest BCUT2D eigenvalue weighted by Crippen LogP contribution is 1.93. The molecule has 0 unspecified atom stereocenters. The van der Waals surface area contributed by atoms with E-state index in [0.29, 0.717) is 6.54 Å². The van der Waals surface area contributed by atoms with Crippen molar-refractivity contribution in [1.29, 1.82) is 0 Å². The van der Waals surface area contributed by atoms with Gasteiger partial charge in [0.1, 0.15) is 6.61 Å². The van der Waals surface area contributed by atoms with Crippen molar-refractivity contribution in [2.75, 3.05) is 6.61 Å². The van der Waals surface area contributed by atoms with Gasteiger partial charge in [-0.05, 0) is 6.07 Å². The minimum atomic E-state index is 0.205. The molecule has 2 heteroatoms. The van der Waals surface area contributed by atoms with Crippen molar-refractivity contribution in [1.82, 2.24) is 0 Å². The SMILES string of the molecule is Cc1cccc(C)[n+]1CCO. The fraction of sp³-hybridized carbons (Fsp3) is 0.444. The first-order valence-electron chi connectivity index (χ1n) is 3.82. The molecule has 0 radical (unpaired) electrons. The average molecular weight is 152 g/mol. The van der Waals surface area contributed by atoms with Crippen molar-refractivity contribution in [3.8, 4) is 0 Å². The minimum Gasteiger partial charge on any atom is -0.390 e. The number of aliphatic hydroxyl groups excluding tert-OH is 1. The molecule has 1 heterocycles. The summed E-state index contributed by atoms with van der Waals surface area (Å²) < 4.78 is 2.10. The van der Waals surface area contributed by atoms with E-state index in [1.54, 1.807) is 0 Å². The van der Waals surface area contributed by atoms with Crippen LogP contribution in [0.1, 0.15) is 11.4 Å². The molecule has 2 nitrogen and oxygen atoms in total. The molecule has 0 aliphatic carbocycles. The Labute approximate surface area is 67.1 Å². The number of aromatic nitrogens is 1. The van der Waals surface area contributed by atoms with Crippen LogP contribution in [-0.2, 0) is 6.54 Å². The summed E-state index contributed by atoms with van der Waals surface area (Å²) in [6, 6.07) is 6.11. The molecule has 0 atom stereocenters. The predicted octanol–water partition coefficient (Wildman–Crippen LogP) is 0.583. The van der Waals surface area contributed by atoms with E-state index in [9.17, 15) is 0 Å². The first kappa shape index (κ1) is 8.21.